The van der Waals surface area contributed by atoms with Crippen molar-refractivity contribution in [2.75, 3.05) is 0 Å². The average Bonchev–Trinajstić information content (AvgIpc) is 2.88. The molecule has 0 atom stereocenters. The monoisotopic (exact) mass is 486 g/mol. The molecule has 1 amide bonds. The zero-order valence-corrected chi connectivity index (χ0v) is 20.7. The molecule has 2 heterocycles. The van der Waals surface area contributed by atoms with Crippen molar-refractivity contribution in [3.8, 4) is 0 Å². The fourth-order valence-corrected chi connectivity index (χ4v) is 3.95. The number of ether oxygens (including phenoxy) is 1. The predicted octanol–water partition coefficient (Wildman–Crippen LogP) is 3.87. The molecule has 2 aromatic carbocycles. The van der Waals surface area contributed by atoms with Gasteiger partial charge < -0.3 is 10.1 Å². The number of carbonyl (C=O) groups excluding carboxylic acids is 1. The zero-order chi connectivity index (χ0) is 25.7. The van der Waals surface area contributed by atoms with Gasteiger partial charge in [0.15, 0.2) is 5.65 Å². The van der Waals surface area contributed by atoms with Crippen LogP contribution in [0.4, 0.5) is 0 Å². The lowest BCUT2D eigenvalue weighted by molar-refractivity contribution is 0.0952. The highest BCUT2D eigenvalue weighted by Crippen LogP contribution is 2.20. The van der Waals surface area contributed by atoms with E-state index in [1.165, 1.54) is 4.57 Å². The van der Waals surface area contributed by atoms with Gasteiger partial charge in [-0.15, -0.1) is 0 Å². The topological polar surface area (TPSA) is 106 Å². The molecule has 2 N–H and O–H groups in total. The number of nitrogens with zero attached hydrogens (tertiary/aromatic N) is 2. The molecule has 0 saturated carbocycles. The van der Waals surface area contributed by atoms with Crippen LogP contribution >= 0.6 is 0 Å². The molecule has 186 valence electrons. The molecule has 36 heavy (non-hydrogen) atoms. The maximum Gasteiger partial charge on any atom is 0.329 e. The number of carbonyl (C=O) groups is 1. The van der Waals surface area contributed by atoms with Gasteiger partial charge in [-0.05, 0) is 35.6 Å². The van der Waals surface area contributed by atoms with Crippen molar-refractivity contribution in [1.82, 2.24) is 19.9 Å². The van der Waals surface area contributed by atoms with Crippen LogP contribution in [0.1, 0.15) is 59.4 Å². The van der Waals surface area contributed by atoms with Crippen LogP contribution < -0.4 is 16.6 Å². The number of rotatable bonds is 9. The third-order valence-electron chi connectivity index (χ3n) is 5.98. The highest BCUT2D eigenvalue weighted by Gasteiger charge is 2.20. The summed E-state index contributed by atoms with van der Waals surface area (Å²) >= 11 is 0. The van der Waals surface area contributed by atoms with Gasteiger partial charge in [0.2, 0.25) is 0 Å². The van der Waals surface area contributed by atoms with E-state index >= 15 is 0 Å². The van der Waals surface area contributed by atoms with E-state index in [1.54, 1.807) is 13.0 Å². The summed E-state index contributed by atoms with van der Waals surface area (Å²) < 4.78 is 7.15. The molecule has 0 fully saturated rings. The normalized spacial score (nSPS) is 11.2. The van der Waals surface area contributed by atoms with Gasteiger partial charge in [0.25, 0.3) is 11.5 Å². The van der Waals surface area contributed by atoms with Crippen LogP contribution in [-0.2, 0) is 31.0 Å². The zero-order valence-electron chi connectivity index (χ0n) is 20.7. The Morgan fingerprint density at radius 1 is 1.00 bits per heavy atom. The summed E-state index contributed by atoms with van der Waals surface area (Å²) in [5.41, 5.74) is 2.98. The summed E-state index contributed by atoms with van der Waals surface area (Å²) in [6, 6.07) is 19.4. The molecule has 4 rings (SSSR count). The Morgan fingerprint density at radius 3 is 2.28 bits per heavy atom. The average molecular weight is 487 g/mol. The first-order chi connectivity index (χ1) is 17.4. The quantitative estimate of drug-likeness (QED) is 0.374. The summed E-state index contributed by atoms with van der Waals surface area (Å²) in [6.45, 7) is 7.33. The highest BCUT2D eigenvalue weighted by molar-refractivity contribution is 6.05. The minimum atomic E-state index is -0.618. The van der Waals surface area contributed by atoms with Gasteiger partial charge in [0.1, 0.15) is 0 Å². The summed E-state index contributed by atoms with van der Waals surface area (Å²) in [6.07, 6.45) is 0. The Hall–Kier alpha value is -4.04. The molecule has 0 aliphatic rings. The number of pyridine rings is 1. The number of benzene rings is 2. The molecule has 0 radical (unpaired) electrons. The largest absolute Gasteiger partial charge is 0.372 e. The van der Waals surface area contributed by atoms with E-state index in [-0.39, 0.29) is 29.1 Å². The smallest absolute Gasteiger partial charge is 0.329 e. The van der Waals surface area contributed by atoms with Gasteiger partial charge >= 0.3 is 5.69 Å². The maximum absolute atomic E-state index is 13.2. The van der Waals surface area contributed by atoms with Crippen LogP contribution in [0.5, 0.6) is 0 Å². The Bertz CT molecular complexity index is 1470. The van der Waals surface area contributed by atoms with Gasteiger partial charge in [0, 0.05) is 18.8 Å². The number of aryl methyl sites for hydroxylation is 1. The molecule has 8 heteroatoms. The number of hydrogen-bond acceptors (Lipinski definition) is 5. The van der Waals surface area contributed by atoms with Crippen molar-refractivity contribution in [2.24, 2.45) is 0 Å². The van der Waals surface area contributed by atoms with Crippen molar-refractivity contribution in [1.29, 1.82) is 0 Å². The van der Waals surface area contributed by atoms with E-state index < -0.39 is 17.2 Å². The lowest BCUT2D eigenvalue weighted by atomic mass is 10.0. The first-order valence-corrected chi connectivity index (χ1v) is 12.0. The van der Waals surface area contributed by atoms with Gasteiger partial charge in [-0.3, -0.25) is 19.1 Å². The minimum Gasteiger partial charge on any atom is -0.372 e. The lowest BCUT2D eigenvalue weighted by Gasteiger charge is -2.14. The van der Waals surface area contributed by atoms with Crippen molar-refractivity contribution in [3.63, 3.8) is 0 Å². The first kappa shape index (κ1) is 25.1. The molecule has 4 aromatic rings. The van der Waals surface area contributed by atoms with E-state index in [0.29, 0.717) is 25.5 Å². The van der Waals surface area contributed by atoms with E-state index in [4.69, 9.17) is 4.74 Å². The number of amides is 1. The van der Waals surface area contributed by atoms with Crippen molar-refractivity contribution in [3.05, 3.63) is 109 Å². The molecule has 2 aromatic heterocycles. The second kappa shape index (κ2) is 11.1. The predicted molar refractivity (Wildman–Crippen MR) is 139 cm³/mol. The molecular weight excluding hydrogens is 456 g/mol. The van der Waals surface area contributed by atoms with E-state index in [0.717, 1.165) is 16.7 Å². The Morgan fingerprint density at radius 2 is 1.64 bits per heavy atom. The third-order valence-corrected chi connectivity index (χ3v) is 5.98. The second-order valence-corrected chi connectivity index (χ2v) is 8.93. The third kappa shape index (κ3) is 5.60. The van der Waals surface area contributed by atoms with Gasteiger partial charge in [0.05, 0.1) is 24.2 Å². The number of aromatic nitrogens is 3. The molecule has 0 unspecified atom stereocenters. The number of fused-ring (bicyclic) bond motifs is 1. The van der Waals surface area contributed by atoms with Crippen molar-refractivity contribution >= 4 is 16.9 Å². The summed E-state index contributed by atoms with van der Waals surface area (Å²) in [4.78, 5) is 45.0. The van der Waals surface area contributed by atoms with Gasteiger partial charge in [-0.2, -0.15) is 0 Å². The fraction of sp³-hybridized carbons (Fsp3) is 0.286. The van der Waals surface area contributed by atoms with Crippen LogP contribution in [0.3, 0.4) is 0 Å². The summed E-state index contributed by atoms with van der Waals surface area (Å²) in [5.74, 6) is -0.385. The standard InChI is InChI=1S/C28H30N4O4/c1-4-32-25-24(27(34)31-28(32)35)22(14-23(30-25)18(2)3)26(33)29-15-19-10-12-21(13-11-19)17-36-16-20-8-6-5-7-9-20/h5-14,18H,4,15-17H2,1-3H3,(H,29,33)(H,31,34,35). The van der Waals surface area contributed by atoms with Crippen LogP contribution in [0.2, 0.25) is 0 Å². The molecule has 0 saturated heterocycles. The van der Waals surface area contributed by atoms with E-state index in [9.17, 15) is 14.4 Å². The first-order valence-electron chi connectivity index (χ1n) is 12.0. The number of aromatic amines is 1. The Kier molecular flexibility index (Phi) is 7.75. The van der Waals surface area contributed by atoms with Crippen LogP contribution in [0.25, 0.3) is 11.0 Å². The van der Waals surface area contributed by atoms with Crippen LogP contribution in [0.15, 0.2) is 70.3 Å². The van der Waals surface area contributed by atoms with Crippen LogP contribution in [-0.4, -0.2) is 20.4 Å². The second-order valence-electron chi connectivity index (χ2n) is 8.93. The number of hydrogen-bond donors (Lipinski definition) is 2. The summed E-state index contributed by atoms with van der Waals surface area (Å²) in [7, 11) is 0. The van der Waals surface area contributed by atoms with Crippen LogP contribution in [0, 0.1) is 0 Å². The van der Waals surface area contributed by atoms with E-state index in [2.05, 4.69) is 15.3 Å². The van der Waals surface area contributed by atoms with E-state index in [1.807, 2.05) is 68.4 Å². The molecule has 8 nitrogen and oxygen atoms in total. The number of nitrogens with one attached hydrogen (secondary N) is 2. The molecule has 0 aliphatic carbocycles. The summed E-state index contributed by atoms with van der Waals surface area (Å²) in [5, 5.41) is 3.01. The van der Waals surface area contributed by atoms with Gasteiger partial charge in [-0.25, -0.2) is 9.78 Å². The van der Waals surface area contributed by atoms with Crippen molar-refractivity contribution < 1.29 is 9.53 Å². The fourth-order valence-electron chi connectivity index (χ4n) is 3.95. The van der Waals surface area contributed by atoms with Crippen molar-refractivity contribution in [2.45, 2.75) is 53.0 Å². The molecule has 0 bridgehead atoms. The SMILES string of the molecule is CCn1c(=O)[nH]c(=O)c2c(C(=O)NCc3ccc(COCc4ccccc4)cc3)cc(C(C)C)nc21. The number of H-pyrrole nitrogens is 1. The Balaban J connectivity index is 1.48. The molecule has 0 aliphatic heterocycles. The molecule has 0 spiro atoms. The highest BCUT2D eigenvalue weighted by atomic mass is 16.5. The minimum absolute atomic E-state index is 0.0114. The molecular formula is C28H30N4O4. The lowest BCUT2D eigenvalue weighted by Crippen LogP contribution is -2.33. The maximum atomic E-state index is 13.2. The van der Waals surface area contributed by atoms with Gasteiger partial charge in [-0.1, -0.05) is 68.4 Å². The Labute approximate surface area is 209 Å².